The maximum Gasteiger partial charge on any atom is 0.417 e. The Kier molecular flexibility index (Phi) is 7.43. The summed E-state index contributed by atoms with van der Waals surface area (Å²) in [6.45, 7) is 0.415. The van der Waals surface area contributed by atoms with E-state index in [1.807, 2.05) is 0 Å². The Morgan fingerprint density at radius 1 is 0.500 bits per heavy atom. The van der Waals surface area contributed by atoms with Crippen molar-refractivity contribution in [2.24, 2.45) is 0 Å². The number of nitrogen functional groups attached to an aromatic ring is 2. The van der Waals surface area contributed by atoms with Crippen LogP contribution in [-0.4, -0.2) is 0 Å². The molecule has 198 valence electrons. The van der Waals surface area contributed by atoms with E-state index in [2.05, 4.69) is 10.6 Å². The summed E-state index contributed by atoms with van der Waals surface area (Å²) in [5, 5.41) is 5.76. The Balaban J connectivity index is 1.65. The molecule has 0 saturated heterocycles. The van der Waals surface area contributed by atoms with Gasteiger partial charge in [-0.2, -0.15) is 26.3 Å². The minimum absolute atomic E-state index is 0.119. The average Bonchev–Trinajstić information content (AvgIpc) is 2.87. The van der Waals surface area contributed by atoms with Crippen molar-refractivity contribution in [2.45, 2.75) is 25.4 Å². The predicted molar refractivity (Wildman–Crippen MR) is 138 cm³/mol. The van der Waals surface area contributed by atoms with Crippen LogP contribution in [0.1, 0.15) is 22.3 Å². The molecule has 10 heteroatoms. The highest BCUT2D eigenvalue weighted by Crippen LogP contribution is 2.44. The number of halogens is 6. The van der Waals surface area contributed by atoms with Crippen LogP contribution >= 0.6 is 0 Å². The minimum atomic E-state index is -4.89. The van der Waals surface area contributed by atoms with Crippen LogP contribution in [0.5, 0.6) is 0 Å². The molecular formula is C28H24F6N4. The lowest BCUT2D eigenvalue weighted by Gasteiger charge is -2.20. The van der Waals surface area contributed by atoms with Gasteiger partial charge in [-0.05, 0) is 70.8 Å². The second-order valence-corrected chi connectivity index (χ2v) is 8.71. The summed E-state index contributed by atoms with van der Waals surface area (Å²) in [4.78, 5) is 0. The van der Waals surface area contributed by atoms with Gasteiger partial charge in [0.25, 0.3) is 0 Å². The van der Waals surface area contributed by atoms with Crippen molar-refractivity contribution >= 4 is 22.7 Å². The van der Waals surface area contributed by atoms with Crippen LogP contribution in [0.3, 0.4) is 0 Å². The maximum atomic E-state index is 14.0. The molecule has 4 aromatic rings. The van der Waals surface area contributed by atoms with E-state index in [-0.39, 0.29) is 24.5 Å². The Bertz CT molecular complexity index is 1290. The highest BCUT2D eigenvalue weighted by molar-refractivity contribution is 5.76. The van der Waals surface area contributed by atoms with Crippen molar-refractivity contribution in [2.75, 3.05) is 22.1 Å². The third-order valence-electron chi connectivity index (χ3n) is 5.89. The molecule has 0 radical (unpaired) electrons. The molecule has 0 saturated carbocycles. The molecule has 0 aromatic heterocycles. The number of rotatable bonds is 7. The molecule has 0 aliphatic rings. The Labute approximate surface area is 215 Å². The molecule has 0 aliphatic carbocycles. The largest absolute Gasteiger partial charge is 0.417 e. The number of nitrogens with two attached hydrogens (primary N) is 2. The first-order valence-corrected chi connectivity index (χ1v) is 11.5. The van der Waals surface area contributed by atoms with E-state index < -0.39 is 34.6 Å². The molecule has 0 bridgehead atoms. The topological polar surface area (TPSA) is 76.1 Å². The van der Waals surface area contributed by atoms with Gasteiger partial charge in [-0.15, -0.1) is 0 Å². The molecule has 0 aliphatic heterocycles. The standard InChI is InChI=1S/C28H24F6N4/c29-27(30,31)25-13-21(37-15-17-1-5-19(35)6-2-17)9-11-23(25)24-12-10-22(14-26(24)28(32,33)34)38-16-18-3-7-20(36)8-4-18/h1-14,37-38H,15-16,35-36H2. The molecule has 0 spiro atoms. The second-order valence-electron chi connectivity index (χ2n) is 8.71. The predicted octanol–water partition coefficient (Wildman–Crippen LogP) is 7.78. The minimum Gasteiger partial charge on any atom is -0.399 e. The quantitative estimate of drug-likeness (QED) is 0.145. The summed E-state index contributed by atoms with van der Waals surface area (Å²) in [5.41, 5.74) is 10.7. The van der Waals surface area contributed by atoms with Gasteiger partial charge in [-0.1, -0.05) is 36.4 Å². The fourth-order valence-corrected chi connectivity index (χ4v) is 3.93. The van der Waals surface area contributed by atoms with Crippen LogP contribution in [0, 0.1) is 0 Å². The monoisotopic (exact) mass is 530 g/mol. The Hall–Kier alpha value is -4.34. The first kappa shape index (κ1) is 26.7. The van der Waals surface area contributed by atoms with Crippen LogP contribution < -0.4 is 22.1 Å². The molecule has 0 amide bonds. The number of anilines is 4. The lowest BCUT2D eigenvalue weighted by atomic mass is 9.93. The fraction of sp³-hybridized carbons (Fsp3) is 0.143. The third-order valence-corrected chi connectivity index (χ3v) is 5.89. The van der Waals surface area contributed by atoms with Gasteiger partial charge in [0.1, 0.15) is 0 Å². The molecule has 38 heavy (non-hydrogen) atoms. The average molecular weight is 531 g/mol. The van der Waals surface area contributed by atoms with Gasteiger partial charge >= 0.3 is 12.4 Å². The Morgan fingerprint density at radius 3 is 1.16 bits per heavy atom. The lowest BCUT2D eigenvalue weighted by molar-refractivity contribution is -0.139. The van der Waals surface area contributed by atoms with E-state index in [9.17, 15) is 26.3 Å². The van der Waals surface area contributed by atoms with Gasteiger partial charge in [0, 0.05) is 35.8 Å². The SMILES string of the molecule is Nc1ccc(CNc2ccc(-c3ccc(NCc4ccc(N)cc4)cc3C(F)(F)F)c(C(F)(F)F)c2)cc1. The number of hydrogen-bond donors (Lipinski definition) is 4. The summed E-state index contributed by atoms with van der Waals surface area (Å²) in [6, 6.07) is 19.9. The van der Waals surface area contributed by atoms with E-state index >= 15 is 0 Å². The van der Waals surface area contributed by atoms with Crippen molar-refractivity contribution < 1.29 is 26.3 Å². The number of nitrogens with one attached hydrogen (secondary N) is 2. The molecule has 4 nitrogen and oxygen atoms in total. The van der Waals surface area contributed by atoms with E-state index in [0.717, 1.165) is 35.4 Å². The van der Waals surface area contributed by atoms with Gasteiger partial charge in [0.15, 0.2) is 0 Å². The second kappa shape index (κ2) is 10.6. The van der Waals surface area contributed by atoms with Crippen LogP contribution in [0.2, 0.25) is 0 Å². The van der Waals surface area contributed by atoms with Crippen LogP contribution in [0.15, 0.2) is 84.9 Å². The summed E-state index contributed by atoms with van der Waals surface area (Å²) in [7, 11) is 0. The van der Waals surface area contributed by atoms with Crippen LogP contribution in [-0.2, 0) is 25.4 Å². The molecule has 4 rings (SSSR count). The fourth-order valence-electron chi connectivity index (χ4n) is 3.93. The van der Waals surface area contributed by atoms with Gasteiger partial charge in [-0.3, -0.25) is 0 Å². The zero-order valence-corrected chi connectivity index (χ0v) is 19.9. The summed E-state index contributed by atoms with van der Waals surface area (Å²) in [5.74, 6) is 0. The number of hydrogen-bond acceptors (Lipinski definition) is 4. The first-order valence-electron chi connectivity index (χ1n) is 11.5. The van der Waals surface area contributed by atoms with Crippen LogP contribution in [0.25, 0.3) is 11.1 Å². The summed E-state index contributed by atoms with van der Waals surface area (Å²) in [6.07, 6.45) is -9.77. The molecular weight excluding hydrogens is 506 g/mol. The van der Waals surface area contributed by atoms with Crippen molar-refractivity contribution in [1.29, 1.82) is 0 Å². The molecule has 0 heterocycles. The third kappa shape index (κ3) is 6.50. The molecule has 0 atom stereocenters. The number of alkyl halides is 6. The number of benzene rings is 4. The van der Waals surface area contributed by atoms with Crippen molar-refractivity contribution in [3.63, 3.8) is 0 Å². The molecule has 0 unspecified atom stereocenters. The Morgan fingerprint density at radius 2 is 0.842 bits per heavy atom. The molecule has 0 fully saturated rings. The molecule has 4 aromatic carbocycles. The van der Waals surface area contributed by atoms with Crippen molar-refractivity contribution in [3.8, 4) is 11.1 Å². The summed E-state index contributed by atoms with van der Waals surface area (Å²) < 4.78 is 84.1. The smallest absolute Gasteiger partial charge is 0.399 e. The zero-order chi connectivity index (χ0) is 27.5. The zero-order valence-electron chi connectivity index (χ0n) is 19.9. The highest BCUT2D eigenvalue weighted by atomic mass is 19.4. The van der Waals surface area contributed by atoms with Crippen LogP contribution in [0.4, 0.5) is 49.1 Å². The van der Waals surface area contributed by atoms with Crippen molar-refractivity contribution in [1.82, 2.24) is 0 Å². The van der Waals surface area contributed by atoms with Gasteiger partial charge in [-0.25, -0.2) is 0 Å². The van der Waals surface area contributed by atoms with E-state index in [1.165, 1.54) is 12.1 Å². The van der Waals surface area contributed by atoms with Gasteiger partial charge in [0.05, 0.1) is 11.1 Å². The highest BCUT2D eigenvalue weighted by Gasteiger charge is 2.38. The van der Waals surface area contributed by atoms with Crippen molar-refractivity contribution in [3.05, 3.63) is 107 Å². The van der Waals surface area contributed by atoms with E-state index in [0.29, 0.717) is 11.4 Å². The molecule has 6 N–H and O–H groups in total. The summed E-state index contributed by atoms with van der Waals surface area (Å²) >= 11 is 0. The van der Waals surface area contributed by atoms with E-state index in [4.69, 9.17) is 11.5 Å². The van der Waals surface area contributed by atoms with Gasteiger partial charge in [0.2, 0.25) is 0 Å². The van der Waals surface area contributed by atoms with E-state index in [1.54, 1.807) is 48.5 Å². The first-order chi connectivity index (χ1) is 17.9. The van der Waals surface area contributed by atoms with Gasteiger partial charge < -0.3 is 22.1 Å². The maximum absolute atomic E-state index is 14.0. The lowest BCUT2D eigenvalue weighted by Crippen LogP contribution is -2.13. The normalized spacial score (nSPS) is 11.8.